The fraction of sp³-hybridized carbons (Fsp3) is 0.667. The molecule has 2 heterocycles. The van der Waals surface area contributed by atoms with Crippen molar-refractivity contribution in [2.45, 2.75) is 45.2 Å². The predicted octanol–water partition coefficient (Wildman–Crippen LogP) is 2.99. The van der Waals surface area contributed by atoms with Gasteiger partial charge in [-0.15, -0.1) is 0 Å². The smallest absolute Gasteiger partial charge is 0.378 e. The molecule has 150 valence electrons. The van der Waals surface area contributed by atoms with Crippen LogP contribution in [0.2, 0.25) is 0 Å². The SMILES string of the molecule is C[C@@H](Nc1nc(C#CC2(C)COC2)nc(N[C@H](C)C(F)(F)F)n1)C(F)(F)F. The fourth-order valence-electron chi connectivity index (χ4n) is 1.80. The molecule has 0 unspecified atom stereocenters. The summed E-state index contributed by atoms with van der Waals surface area (Å²) in [5.41, 5.74) is -0.466. The molecule has 0 aliphatic carbocycles. The lowest BCUT2D eigenvalue weighted by atomic mass is 9.90. The Morgan fingerprint density at radius 1 is 0.926 bits per heavy atom. The zero-order valence-corrected chi connectivity index (χ0v) is 14.6. The summed E-state index contributed by atoms with van der Waals surface area (Å²) in [7, 11) is 0. The normalized spacial score (nSPS) is 18.6. The summed E-state index contributed by atoms with van der Waals surface area (Å²) in [5, 5.41) is 4.00. The fourth-order valence-corrected chi connectivity index (χ4v) is 1.80. The van der Waals surface area contributed by atoms with Crippen molar-refractivity contribution in [2.24, 2.45) is 5.41 Å². The van der Waals surface area contributed by atoms with Crippen molar-refractivity contribution in [1.82, 2.24) is 15.0 Å². The summed E-state index contributed by atoms with van der Waals surface area (Å²) in [6.07, 6.45) is -9.19. The predicted molar refractivity (Wildman–Crippen MR) is 83.9 cm³/mol. The maximum atomic E-state index is 12.7. The van der Waals surface area contributed by atoms with Crippen LogP contribution < -0.4 is 10.6 Å². The quantitative estimate of drug-likeness (QED) is 0.601. The van der Waals surface area contributed by atoms with Gasteiger partial charge < -0.3 is 15.4 Å². The molecule has 0 spiro atoms. The topological polar surface area (TPSA) is 72.0 Å². The Kier molecular flexibility index (Phi) is 5.74. The molecule has 0 bridgehead atoms. The molecule has 0 aromatic carbocycles. The number of ether oxygens (including phenoxy) is 1. The van der Waals surface area contributed by atoms with Crippen LogP contribution in [0.15, 0.2) is 0 Å². The Labute approximate surface area is 151 Å². The van der Waals surface area contributed by atoms with Crippen molar-refractivity contribution in [2.75, 3.05) is 23.8 Å². The number of halogens is 6. The van der Waals surface area contributed by atoms with Crippen molar-refractivity contribution in [3.8, 4) is 11.8 Å². The summed E-state index contributed by atoms with van der Waals surface area (Å²) < 4.78 is 81.3. The Balaban J connectivity index is 2.31. The molecule has 1 aliphatic rings. The molecule has 1 aromatic heterocycles. The molecule has 1 aliphatic heterocycles. The highest BCUT2D eigenvalue weighted by atomic mass is 19.4. The van der Waals surface area contributed by atoms with E-state index in [4.69, 9.17) is 4.74 Å². The minimum atomic E-state index is -4.60. The van der Waals surface area contributed by atoms with Crippen molar-refractivity contribution in [1.29, 1.82) is 0 Å². The summed E-state index contributed by atoms with van der Waals surface area (Å²) in [6.45, 7) is 4.16. The highest BCUT2D eigenvalue weighted by Gasteiger charge is 2.38. The number of nitrogens with zero attached hydrogens (tertiary/aromatic N) is 3. The van der Waals surface area contributed by atoms with Crippen LogP contribution in [0.3, 0.4) is 0 Å². The van der Waals surface area contributed by atoms with Gasteiger partial charge in [0, 0.05) is 0 Å². The van der Waals surface area contributed by atoms with Gasteiger partial charge in [-0.1, -0.05) is 5.92 Å². The molecule has 2 rings (SSSR count). The number of nitrogens with one attached hydrogen (secondary N) is 2. The van der Waals surface area contributed by atoms with Gasteiger partial charge in [-0.3, -0.25) is 0 Å². The first kappa shape index (κ1) is 21.0. The van der Waals surface area contributed by atoms with Gasteiger partial charge in [-0.25, -0.2) is 0 Å². The Bertz CT molecular complexity index is 695. The minimum Gasteiger partial charge on any atom is -0.378 e. The van der Waals surface area contributed by atoms with Gasteiger partial charge in [0.05, 0.1) is 18.6 Å². The highest BCUT2D eigenvalue weighted by Crippen LogP contribution is 2.26. The Morgan fingerprint density at radius 2 is 1.37 bits per heavy atom. The van der Waals surface area contributed by atoms with E-state index in [0.29, 0.717) is 13.2 Å². The molecule has 2 atom stereocenters. The molecule has 1 fully saturated rings. The monoisotopic (exact) mass is 397 g/mol. The molecular weight excluding hydrogens is 380 g/mol. The number of hydrogen-bond donors (Lipinski definition) is 2. The second-order valence-electron chi connectivity index (χ2n) is 6.42. The first-order chi connectivity index (χ1) is 12.3. The van der Waals surface area contributed by atoms with Crippen LogP contribution in [0.1, 0.15) is 26.6 Å². The molecule has 6 nitrogen and oxygen atoms in total. The molecule has 0 radical (unpaired) electrons. The zero-order valence-electron chi connectivity index (χ0n) is 14.6. The van der Waals surface area contributed by atoms with E-state index in [1.807, 2.05) is 10.6 Å². The van der Waals surface area contributed by atoms with Gasteiger partial charge in [-0.2, -0.15) is 41.3 Å². The second-order valence-corrected chi connectivity index (χ2v) is 6.42. The van der Waals surface area contributed by atoms with Crippen LogP contribution in [0.4, 0.5) is 38.2 Å². The standard InChI is InChI=1S/C15H17F6N5O/c1-8(14(16,17)18)22-11-24-10(4-5-13(3)6-27-7-13)25-12(26-11)23-9(2)15(19,20)21/h8-9H,6-7H2,1-3H3,(H2,22,23,24,25,26)/t8-,9-/m1/s1. The maximum absolute atomic E-state index is 12.7. The van der Waals surface area contributed by atoms with Crippen molar-refractivity contribution >= 4 is 11.9 Å². The number of hydrogen-bond acceptors (Lipinski definition) is 6. The van der Waals surface area contributed by atoms with E-state index < -0.39 is 41.7 Å². The van der Waals surface area contributed by atoms with E-state index in [0.717, 1.165) is 13.8 Å². The van der Waals surface area contributed by atoms with Crippen molar-refractivity contribution in [3.05, 3.63) is 5.82 Å². The number of alkyl halides is 6. The highest BCUT2D eigenvalue weighted by molar-refractivity contribution is 5.40. The van der Waals surface area contributed by atoms with Gasteiger partial charge in [0.1, 0.15) is 12.1 Å². The van der Waals surface area contributed by atoms with Crippen LogP contribution in [-0.4, -0.2) is 52.6 Å². The third-order valence-electron chi connectivity index (χ3n) is 3.63. The summed E-state index contributed by atoms with van der Waals surface area (Å²) >= 11 is 0. The van der Waals surface area contributed by atoms with E-state index in [9.17, 15) is 26.3 Å². The number of rotatable bonds is 4. The Morgan fingerprint density at radius 3 is 1.70 bits per heavy atom. The first-order valence-electron chi connectivity index (χ1n) is 7.82. The molecule has 1 aromatic rings. The van der Waals surface area contributed by atoms with Crippen LogP contribution in [0, 0.1) is 17.3 Å². The van der Waals surface area contributed by atoms with Crippen LogP contribution in [0.5, 0.6) is 0 Å². The van der Waals surface area contributed by atoms with Crippen molar-refractivity contribution in [3.63, 3.8) is 0 Å². The third kappa shape index (κ3) is 5.85. The maximum Gasteiger partial charge on any atom is 0.408 e. The molecule has 0 saturated carbocycles. The number of aromatic nitrogens is 3. The lowest BCUT2D eigenvalue weighted by Gasteiger charge is -2.32. The van der Waals surface area contributed by atoms with Crippen molar-refractivity contribution < 1.29 is 31.1 Å². The molecule has 2 N–H and O–H groups in total. The largest absolute Gasteiger partial charge is 0.408 e. The lowest BCUT2D eigenvalue weighted by molar-refractivity contribution is -0.139. The van der Waals surface area contributed by atoms with Crippen LogP contribution >= 0.6 is 0 Å². The first-order valence-corrected chi connectivity index (χ1v) is 7.82. The van der Waals surface area contributed by atoms with E-state index >= 15 is 0 Å². The van der Waals surface area contributed by atoms with Crippen LogP contribution in [0.25, 0.3) is 0 Å². The summed E-state index contributed by atoms with van der Waals surface area (Å²) in [4.78, 5) is 11.1. The summed E-state index contributed by atoms with van der Waals surface area (Å²) in [6, 6.07) is -4.04. The Hall–Kier alpha value is -2.29. The summed E-state index contributed by atoms with van der Waals surface area (Å²) in [5.74, 6) is 4.03. The number of anilines is 2. The molecule has 1 saturated heterocycles. The van der Waals surface area contributed by atoms with E-state index in [2.05, 4.69) is 26.8 Å². The lowest BCUT2D eigenvalue weighted by Crippen LogP contribution is -2.38. The molecule has 12 heteroatoms. The second kappa shape index (κ2) is 7.38. The van der Waals surface area contributed by atoms with Gasteiger partial charge in [0.25, 0.3) is 0 Å². The van der Waals surface area contributed by atoms with Gasteiger partial charge >= 0.3 is 12.4 Å². The zero-order chi connectivity index (χ0) is 20.5. The third-order valence-corrected chi connectivity index (χ3v) is 3.63. The van der Waals surface area contributed by atoms with Gasteiger partial charge in [0.2, 0.25) is 17.7 Å². The minimum absolute atomic E-state index is 0.258. The molecular formula is C15H17F6N5O. The molecule has 27 heavy (non-hydrogen) atoms. The van der Waals surface area contributed by atoms with Crippen LogP contribution in [-0.2, 0) is 4.74 Å². The van der Waals surface area contributed by atoms with E-state index in [1.165, 1.54) is 0 Å². The van der Waals surface area contributed by atoms with E-state index in [-0.39, 0.29) is 5.82 Å². The average molecular weight is 397 g/mol. The van der Waals surface area contributed by atoms with Gasteiger partial charge in [-0.05, 0) is 26.7 Å². The van der Waals surface area contributed by atoms with Gasteiger partial charge in [0.15, 0.2) is 0 Å². The van der Waals surface area contributed by atoms with E-state index in [1.54, 1.807) is 6.92 Å². The molecule has 0 amide bonds. The average Bonchev–Trinajstić information content (AvgIpc) is 2.49.